The van der Waals surface area contributed by atoms with Crippen molar-refractivity contribution in [2.45, 2.75) is 28.8 Å². The smallest absolute Gasteiger partial charge is 0.282 e. The summed E-state index contributed by atoms with van der Waals surface area (Å²) in [5.74, 6) is 0. The van der Waals surface area contributed by atoms with Crippen molar-refractivity contribution >= 4 is 10.1 Å². The van der Waals surface area contributed by atoms with Crippen LogP contribution in [-0.2, 0) is 15.5 Å². The van der Waals surface area contributed by atoms with Gasteiger partial charge in [-0.3, -0.25) is 4.55 Å². The normalized spacial score (nSPS) is 14.9. The van der Waals surface area contributed by atoms with Gasteiger partial charge in [0.25, 0.3) is 15.5 Å². The molecule has 0 amide bonds. The molecule has 0 aliphatic rings. The molecule has 0 saturated carbocycles. The van der Waals surface area contributed by atoms with Crippen LogP contribution < -0.4 is 0 Å². The maximum absolute atomic E-state index is 12.9. The molecule has 0 aliphatic heterocycles. The molecule has 0 bridgehead atoms. The fourth-order valence-corrected chi connectivity index (χ4v) is 2.69. The van der Waals surface area contributed by atoms with E-state index < -0.39 is 44.5 Å². The molecule has 0 aliphatic carbocycles. The number of halogens is 9. The predicted octanol–water partition coefficient (Wildman–Crippen LogP) is 3.86. The summed E-state index contributed by atoms with van der Waals surface area (Å²) in [6.07, 6.45) is -20.9. The van der Waals surface area contributed by atoms with E-state index in [2.05, 4.69) is 0 Å². The Morgan fingerprint density at radius 1 is 0.739 bits per heavy atom. The minimum atomic E-state index is -6.98. The van der Waals surface area contributed by atoms with E-state index in [-0.39, 0.29) is 12.1 Å². The summed E-state index contributed by atoms with van der Waals surface area (Å²) in [6, 6.07) is 0.600. The lowest BCUT2D eigenvalue weighted by molar-refractivity contribution is -0.388. The van der Waals surface area contributed by atoms with Gasteiger partial charge in [-0.25, -0.2) is 0 Å². The van der Waals surface area contributed by atoms with Crippen LogP contribution in [0.2, 0.25) is 0 Å². The second-order valence-corrected chi connectivity index (χ2v) is 5.60. The highest BCUT2D eigenvalue weighted by molar-refractivity contribution is 7.85. The molecule has 1 N–H and O–H groups in total. The summed E-state index contributed by atoms with van der Waals surface area (Å²) in [4.78, 5) is -2.15. The molecular weight excluding hydrogens is 371 g/mol. The van der Waals surface area contributed by atoms with Crippen molar-refractivity contribution in [2.75, 3.05) is 0 Å². The van der Waals surface area contributed by atoms with Gasteiger partial charge in [-0.15, -0.1) is 0 Å². The van der Waals surface area contributed by atoms with E-state index in [1.54, 1.807) is 0 Å². The zero-order valence-electron chi connectivity index (χ0n) is 10.4. The van der Waals surface area contributed by atoms with Crippen LogP contribution in [0.5, 0.6) is 0 Å². The van der Waals surface area contributed by atoms with Crippen LogP contribution in [0.25, 0.3) is 0 Å². The lowest BCUT2D eigenvalue weighted by Crippen LogP contribution is -2.63. The molecule has 3 nitrogen and oxygen atoms in total. The molecule has 1 rings (SSSR count). The number of benzene rings is 1. The van der Waals surface area contributed by atoms with Crippen molar-refractivity contribution in [1.29, 1.82) is 0 Å². The van der Waals surface area contributed by atoms with Gasteiger partial charge in [-0.2, -0.15) is 47.9 Å². The average Bonchev–Trinajstić information content (AvgIpc) is 2.22. The number of alkyl halides is 9. The monoisotopic (exact) mass is 376 g/mol. The third kappa shape index (κ3) is 2.98. The zero-order valence-corrected chi connectivity index (χ0v) is 11.2. The van der Waals surface area contributed by atoms with Gasteiger partial charge in [0.05, 0.1) is 4.90 Å². The highest BCUT2D eigenvalue weighted by Gasteiger charge is 2.85. The van der Waals surface area contributed by atoms with Crippen LogP contribution in [0, 0.1) is 0 Å². The van der Waals surface area contributed by atoms with Gasteiger partial charge in [0, 0.05) is 5.56 Å². The Morgan fingerprint density at radius 3 is 1.39 bits per heavy atom. The van der Waals surface area contributed by atoms with E-state index in [9.17, 15) is 47.9 Å². The van der Waals surface area contributed by atoms with Crippen LogP contribution in [-0.4, -0.2) is 31.5 Å². The second kappa shape index (κ2) is 5.26. The first-order valence-corrected chi connectivity index (χ1v) is 6.69. The van der Waals surface area contributed by atoms with Gasteiger partial charge >= 0.3 is 18.5 Å². The zero-order chi connectivity index (χ0) is 18.5. The molecule has 0 fully saturated rings. The molecule has 1 aromatic rings. The third-order valence-electron chi connectivity index (χ3n) is 2.84. The first kappa shape index (κ1) is 19.5. The van der Waals surface area contributed by atoms with Crippen molar-refractivity contribution < 1.29 is 52.5 Å². The lowest BCUT2D eigenvalue weighted by Gasteiger charge is -2.39. The van der Waals surface area contributed by atoms with E-state index in [0.29, 0.717) is 12.1 Å². The van der Waals surface area contributed by atoms with Gasteiger partial charge < -0.3 is 0 Å². The summed E-state index contributed by atoms with van der Waals surface area (Å²) in [5.41, 5.74) is -9.17. The molecule has 0 atom stereocenters. The van der Waals surface area contributed by atoms with Crippen LogP contribution in [0.15, 0.2) is 29.2 Å². The molecule has 1 aromatic carbocycles. The van der Waals surface area contributed by atoms with Crippen molar-refractivity contribution in [3.05, 3.63) is 29.8 Å². The molecule has 132 valence electrons. The maximum Gasteiger partial charge on any atom is 0.416 e. The van der Waals surface area contributed by atoms with Crippen LogP contribution in [0.1, 0.15) is 5.56 Å². The van der Waals surface area contributed by atoms with Crippen LogP contribution >= 0.6 is 0 Å². The highest BCUT2D eigenvalue weighted by atomic mass is 32.2. The summed E-state index contributed by atoms with van der Waals surface area (Å²) in [5, 5.41) is 0. The standard InChI is InChI=1S/C10H5F9O3S/c11-8(12,13)7(9(14,15)16,10(17,18)19)5-3-1-2-4-6(5)23(20,21)22/h1-4H,(H,20,21,22). The molecule has 0 radical (unpaired) electrons. The Kier molecular flexibility index (Phi) is 4.47. The SMILES string of the molecule is O=S(=O)(O)c1ccccc1C(C(F)(F)F)(C(F)(F)F)C(F)(F)F. The summed E-state index contributed by atoms with van der Waals surface area (Å²) < 4.78 is 147. The first-order valence-electron chi connectivity index (χ1n) is 5.25. The Bertz CT molecular complexity index is 649. The third-order valence-corrected chi connectivity index (χ3v) is 3.76. The molecule has 0 saturated heterocycles. The molecule has 0 aromatic heterocycles. The Labute approximate surface area is 122 Å². The lowest BCUT2D eigenvalue weighted by atomic mass is 9.78. The summed E-state index contributed by atoms with van der Waals surface area (Å²) in [7, 11) is -5.80. The highest BCUT2D eigenvalue weighted by Crippen LogP contribution is 2.61. The Hall–Kier alpha value is -1.50. The van der Waals surface area contributed by atoms with Crippen LogP contribution in [0.4, 0.5) is 39.5 Å². The van der Waals surface area contributed by atoms with Crippen molar-refractivity contribution in [3.63, 3.8) is 0 Å². The van der Waals surface area contributed by atoms with E-state index >= 15 is 0 Å². The van der Waals surface area contributed by atoms with Crippen molar-refractivity contribution in [2.24, 2.45) is 0 Å². The largest absolute Gasteiger partial charge is 0.416 e. The van der Waals surface area contributed by atoms with E-state index in [4.69, 9.17) is 4.55 Å². The molecule has 0 unspecified atom stereocenters. The molecule has 0 spiro atoms. The second-order valence-electron chi connectivity index (χ2n) is 4.21. The molecule has 13 heteroatoms. The van der Waals surface area contributed by atoms with Crippen LogP contribution in [0.3, 0.4) is 0 Å². The molecule has 0 heterocycles. The fraction of sp³-hybridized carbons (Fsp3) is 0.400. The first-order chi connectivity index (χ1) is 9.98. The average molecular weight is 376 g/mol. The maximum atomic E-state index is 12.9. The van der Waals surface area contributed by atoms with Gasteiger partial charge in [0.1, 0.15) is 0 Å². The number of hydrogen-bond acceptors (Lipinski definition) is 2. The number of hydrogen-bond donors (Lipinski definition) is 1. The summed E-state index contributed by atoms with van der Waals surface area (Å²) in [6.45, 7) is 0. The Morgan fingerprint density at radius 2 is 1.09 bits per heavy atom. The minimum absolute atomic E-state index is 0.00262. The summed E-state index contributed by atoms with van der Waals surface area (Å²) >= 11 is 0. The predicted molar refractivity (Wildman–Crippen MR) is 56.1 cm³/mol. The Balaban J connectivity index is 4.13. The fourth-order valence-electron chi connectivity index (χ4n) is 1.94. The van der Waals surface area contributed by atoms with Gasteiger partial charge in [-0.1, -0.05) is 18.2 Å². The molecule has 23 heavy (non-hydrogen) atoms. The van der Waals surface area contributed by atoms with Gasteiger partial charge in [0.15, 0.2) is 0 Å². The van der Waals surface area contributed by atoms with Gasteiger partial charge in [0.2, 0.25) is 0 Å². The number of rotatable bonds is 2. The minimum Gasteiger partial charge on any atom is -0.282 e. The van der Waals surface area contributed by atoms with Crippen molar-refractivity contribution in [3.8, 4) is 0 Å². The van der Waals surface area contributed by atoms with E-state index in [1.165, 1.54) is 0 Å². The topological polar surface area (TPSA) is 54.4 Å². The molecular formula is C10H5F9O3S. The quantitative estimate of drug-likeness (QED) is 0.630. The van der Waals surface area contributed by atoms with Crippen molar-refractivity contribution in [1.82, 2.24) is 0 Å². The van der Waals surface area contributed by atoms with E-state index in [1.807, 2.05) is 0 Å². The van der Waals surface area contributed by atoms with Gasteiger partial charge in [-0.05, 0) is 6.07 Å². The van der Waals surface area contributed by atoms with E-state index in [0.717, 1.165) is 0 Å².